The van der Waals surface area contributed by atoms with E-state index in [1.54, 1.807) is 0 Å². The van der Waals surface area contributed by atoms with Gasteiger partial charge in [0, 0.05) is 18.7 Å². The van der Waals surface area contributed by atoms with Crippen molar-refractivity contribution in [2.75, 3.05) is 11.5 Å². The molecule has 3 rings (SSSR count). The molecule has 5 heteroatoms. The Hall–Kier alpha value is -0.160. The molecular formula is C13H21N3S2. The number of thiol groups is 1. The summed E-state index contributed by atoms with van der Waals surface area (Å²) in [6.07, 6.45) is 9.02. The van der Waals surface area contributed by atoms with Crippen LogP contribution in [0.15, 0.2) is 5.16 Å². The zero-order chi connectivity index (χ0) is 12.4. The van der Waals surface area contributed by atoms with Crippen LogP contribution in [0.25, 0.3) is 0 Å². The highest BCUT2D eigenvalue weighted by Gasteiger charge is 2.36. The third-order valence-corrected chi connectivity index (χ3v) is 6.32. The van der Waals surface area contributed by atoms with Gasteiger partial charge in [-0.15, -0.1) is 10.2 Å². The van der Waals surface area contributed by atoms with Crippen LogP contribution in [0.5, 0.6) is 0 Å². The van der Waals surface area contributed by atoms with E-state index in [0.717, 1.165) is 29.6 Å². The summed E-state index contributed by atoms with van der Waals surface area (Å²) in [7, 11) is 0. The molecule has 0 saturated heterocycles. The molecule has 1 aliphatic heterocycles. The van der Waals surface area contributed by atoms with Crippen molar-refractivity contribution in [2.24, 2.45) is 5.41 Å². The average molecular weight is 283 g/mol. The van der Waals surface area contributed by atoms with Crippen LogP contribution < -0.4 is 0 Å². The first-order valence-electron chi connectivity index (χ1n) is 6.99. The summed E-state index contributed by atoms with van der Waals surface area (Å²) in [5, 5.41) is 9.89. The molecule has 3 nitrogen and oxygen atoms in total. The highest BCUT2D eigenvalue weighted by Crippen LogP contribution is 2.45. The molecule has 2 heterocycles. The monoisotopic (exact) mass is 283 g/mol. The molecule has 18 heavy (non-hydrogen) atoms. The smallest absolute Gasteiger partial charge is 0.191 e. The van der Waals surface area contributed by atoms with E-state index in [9.17, 15) is 0 Å². The minimum Gasteiger partial charge on any atom is -0.306 e. The van der Waals surface area contributed by atoms with Crippen LogP contribution in [0.4, 0.5) is 0 Å². The van der Waals surface area contributed by atoms with Gasteiger partial charge in [0.15, 0.2) is 5.16 Å². The molecule has 1 aromatic rings. The van der Waals surface area contributed by atoms with Crippen molar-refractivity contribution in [2.45, 2.75) is 56.6 Å². The van der Waals surface area contributed by atoms with Crippen LogP contribution in [0.3, 0.4) is 0 Å². The Morgan fingerprint density at radius 2 is 2.06 bits per heavy atom. The molecule has 0 radical (unpaired) electrons. The molecule has 1 saturated carbocycles. The molecule has 2 aliphatic rings. The lowest BCUT2D eigenvalue weighted by Crippen LogP contribution is -2.33. The van der Waals surface area contributed by atoms with Gasteiger partial charge in [-0.05, 0) is 36.9 Å². The van der Waals surface area contributed by atoms with Gasteiger partial charge >= 0.3 is 0 Å². The lowest BCUT2D eigenvalue weighted by molar-refractivity contribution is 0.205. The summed E-state index contributed by atoms with van der Waals surface area (Å²) in [4.78, 5) is 0. The summed E-state index contributed by atoms with van der Waals surface area (Å²) in [5.41, 5.74) is 0.477. The van der Waals surface area contributed by atoms with Gasteiger partial charge in [-0.2, -0.15) is 12.6 Å². The van der Waals surface area contributed by atoms with Gasteiger partial charge in [0.25, 0.3) is 0 Å². The molecule has 1 aliphatic carbocycles. The minimum atomic E-state index is 0.477. The van der Waals surface area contributed by atoms with Gasteiger partial charge in [0.05, 0.1) is 0 Å². The third kappa shape index (κ3) is 2.44. The van der Waals surface area contributed by atoms with Gasteiger partial charge in [0.1, 0.15) is 5.82 Å². The maximum Gasteiger partial charge on any atom is 0.191 e. The molecule has 0 unspecified atom stereocenters. The van der Waals surface area contributed by atoms with Gasteiger partial charge in [0.2, 0.25) is 0 Å². The molecule has 0 atom stereocenters. The predicted octanol–water partition coefficient (Wildman–Crippen LogP) is 3.20. The van der Waals surface area contributed by atoms with Gasteiger partial charge in [-0.25, -0.2) is 0 Å². The molecule has 0 aromatic carbocycles. The first-order valence-corrected chi connectivity index (χ1v) is 8.61. The molecule has 0 bridgehead atoms. The lowest BCUT2D eigenvalue weighted by atomic mass is 9.72. The van der Waals surface area contributed by atoms with Crippen LogP contribution in [0, 0.1) is 5.41 Å². The number of thioether (sulfide) groups is 1. The second kappa shape index (κ2) is 5.45. The van der Waals surface area contributed by atoms with E-state index in [2.05, 4.69) is 27.4 Å². The zero-order valence-electron chi connectivity index (χ0n) is 10.8. The van der Waals surface area contributed by atoms with Crippen LogP contribution in [0.1, 0.15) is 44.3 Å². The van der Waals surface area contributed by atoms with Gasteiger partial charge in [-0.3, -0.25) is 0 Å². The average Bonchev–Trinajstić information content (AvgIpc) is 2.58. The van der Waals surface area contributed by atoms with E-state index in [0.29, 0.717) is 5.41 Å². The molecular weight excluding hydrogens is 262 g/mol. The fourth-order valence-electron chi connectivity index (χ4n) is 2.81. The summed E-state index contributed by atoms with van der Waals surface area (Å²) < 4.78 is 2.35. The van der Waals surface area contributed by atoms with E-state index in [-0.39, 0.29) is 0 Å². The highest BCUT2D eigenvalue weighted by atomic mass is 32.2. The van der Waals surface area contributed by atoms with Crippen molar-refractivity contribution < 1.29 is 0 Å². The Morgan fingerprint density at radius 1 is 1.17 bits per heavy atom. The Labute approximate surface area is 119 Å². The third-order valence-electron chi connectivity index (χ3n) is 4.33. The Kier molecular flexibility index (Phi) is 3.89. The standard InChI is InChI=1S/C13H21N3S2/c17-9-13(6-4-7-13)10-18-12-15-14-11-5-2-1-3-8-16(11)12/h17H,1-10H2. The number of hydrogen-bond acceptors (Lipinski definition) is 4. The summed E-state index contributed by atoms with van der Waals surface area (Å²) in [5.74, 6) is 3.37. The Balaban J connectivity index is 1.67. The zero-order valence-corrected chi connectivity index (χ0v) is 12.5. The van der Waals surface area contributed by atoms with E-state index < -0.39 is 0 Å². The van der Waals surface area contributed by atoms with Crippen LogP contribution in [-0.4, -0.2) is 26.3 Å². The van der Waals surface area contributed by atoms with E-state index in [4.69, 9.17) is 0 Å². The largest absolute Gasteiger partial charge is 0.306 e. The van der Waals surface area contributed by atoms with Crippen LogP contribution in [-0.2, 0) is 13.0 Å². The minimum absolute atomic E-state index is 0.477. The summed E-state index contributed by atoms with van der Waals surface area (Å²) >= 11 is 6.42. The predicted molar refractivity (Wildman–Crippen MR) is 78.4 cm³/mol. The Morgan fingerprint density at radius 3 is 2.78 bits per heavy atom. The number of nitrogens with zero attached hydrogens (tertiary/aromatic N) is 3. The fourth-order valence-corrected chi connectivity index (χ4v) is 4.66. The molecule has 0 N–H and O–H groups in total. The van der Waals surface area contributed by atoms with Crippen molar-refractivity contribution >= 4 is 24.4 Å². The summed E-state index contributed by atoms with van der Waals surface area (Å²) in [6.45, 7) is 1.11. The first-order chi connectivity index (χ1) is 8.83. The Bertz CT molecular complexity index is 407. The van der Waals surface area contributed by atoms with Crippen molar-refractivity contribution in [1.29, 1.82) is 0 Å². The maximum absolute atomic E-state index is 4.52. The molecule has 0 amide bonds. The first kappa shape index (κ1) is 12.9. The van der Waals surface area contributed by atoms with Crippen molar-refractivity contribution in [3.8, 4) is 0 Å². The topological polar surface area (TPSA) is 30.7 Å². The lowest BCUT2D eigenvalue weighted by Gasteiger charge is -2.40. The number of fused-ring (bicyclic) bond motifs is 1. The highest BCUT2D eigenvalue weighted by molar-refractivity contribution is 7.99. The van der Waals surface area contributed by atoms with Gasteiger partial charge < -0.3 is 4.57 Å². The quantitative estimate of drug-likeness (QED) is 0.680. The van der Waals surface area contributed by atoms with Gasteiger partial charge in [-0.1, -0.05) is 24.6 Å². The van der Waals surface area contributed by atoms with E-state index in [1.807, 2.05) is 11.8 Å². The van der Waals surface area contributed by atoms with Crippen molar-refractivity contribution in [1.82, 2.24) is 14.8 Å². The SMILES string of the molecule is SCC1(CSc2nnc3n2CCCCC3)CCC1. The molecule has 0 spiro atoms. The number of hydrogen-bond donors (Lipinski definition) is 1. The van der Waals surface area contributed by atoms with Crippen LogP contribution in [0.2, 0.25) is 0 Å². The van der Waals surface area contributed by atoms with E-state index in [1.165, 1.54) is 44.3 Å². The van der Waals surface area contributed by atoms with E-state index >= 15 is 0 Å². The van der Waals surface area contributed by atoms with Crippen molar-refractivity contribution in [3.05, 3.63) is 5.82 Å². The molecule has 1 fully saturated rings. The molecule has 100 valence electrons. The maximum atomic E-state index is 4.52. The normalized spacial score (nSPS) is 22.1. The van der Waals surface area contributed by atoms with Crippen molar-refractivity contribution in [3.63, 3.8) is 0 Å². The van der Waals surface area contributed by atoms with Crippen LogP contribution >= 0.6 is 24.4 Å². The molecule has 1 aromatic heterocycles. The fraction of sp³-hybridized carbons (Fsp3) is 0.846. The number of rotatable bonds is 4. The number of aromatic nitrogens is 3. The number of aryl methyl sites for hydroxylation is 1. The second-order valence-electron chi connectivity index (χ2n) is 5.66. The second-order valence-corrected chi connectivity index (χ2v) is 6.92. The summed E-state index contributed by atoms with van der Waals surface area (Å²) in [6, 6.07) is 0.